The van der Waals surface area contributed by atoms with Gasteiger partial charge in [-0.3, -0.25) is 0 Å². The fourth-order valence-electron chi connectivity index (χ4n) is 3.60. The topological polar surface area (TPSA) is 0 Å². The van der Waals surface area contributed by atoms with Crippen LogP contribution in [-0.2, 0) is 0 Å². The summed E-state index contributed by atoms with van der Waals surface area (Å²) in [5.41, 5.74) is 2.78. The Bertz CT molecular complexity index is 1530. The first-order valence-corrected chi connectivity index (χ1v) is 14.0. The molecule has 0 spiro atoms. The van der Waals surface area contributed by atoms with Crippen molar-refractivity contribution in [3.8, 4) is 33.4 Å². The monoisotopic (exact) mass is 714 g/mol. The van der Waals surface area contributed by atoms with Gasteiger partial charge in [0.05, 0.1) is 60.3 Å². The van der Waals surface area contributed by atoms with Crippen LogP contribution in [0.15, 0.2) is 36.4 Å². The summed E-state index contributed by atoms with van der Waals surface area (Å²) in [6.07, 6.45) is 0. The van der Waals surface area contributed by atoms with Gasteiger partial charge in [0, 0.05) is 16.7 Å². The van der Waals surface area contributed by atoms with E-state index in [0.717, 1.165) is 0 Å². The summed E-state index contributed by atoms with van der Waals surface area (Å²) in [7, 11) is 0. The van der Waals surface area contributed by atoms with Crippen LogP contribution in [0, 0.1) is 0 Å². The number of halogens is 12. The first-order chi connectivity index (χ1) is 16.9. The van der Waals surface area contributed by atoms with Crippen molar-refractivity contribution in [3.05, 3.63) is 96.7 Å². The first kappa shape index (κ1) is 29.3. The van der Waals surface area contributed by atoms with E-state index in [2.05, 4.69) is 0 Å². The zero-order chi connectivity index (χ0) is 26.6. The van der Waals surface area contributed by atoms with Crippen molar-refractivity contribution in [1.82, 2.24) is 0 Å². The highest BCUT2D eigenvalue weighted by Crippen LogP contribution is 2.54. The summed E-state index contributed by atoms with van der Waals surface area (Å²) in [5.74, 6) is 0. The third-order valence-corrected chi connectivity index (χ3v) is 10.6. The number of hydrogen-bond donors (Lipinski definition) is 0. The smallest absolute Gasteiger partial charge is 0.0809 e. The lowest BCUT2D eigenvalue weighted by Crippen LogP contribution is -1.95. The molecule has 0 aromatic heterocycles. The van der Waals surface area contributed by atoms with Crippen LogP contribution in [-0.4, -0.2) is 0 Å². The van der Waals surface area contributed by atoms with Gasteiger partial charge in [-0.2, -0.15) is 0 Å². The lowest BCUT2D eigenvalue weighted by atomic mass is 9.87. The Balaban J connectivity index is 2.23. The summed E-state index contributed by atoms with van der Waals surface area (Å²) in [5, 5.41) is 1.30. The maximum absolute atomic E-state index is 6.68. The SMILES string of the molecule is Clc1ccc(-c2c(-c3cc(Cl)c(Cl)c(Cl)c3Cl)cccc2-c2c(Cl)c(Cl)c(Cl)c(Cl)c2Cl)c(Cl)c1Cl. The molecule has 0 N–H and O–H groups in total. The predicted octanol–water partition coefficient (Wildman–Crippen LogP) is 14.5. The molecule has 4 rings (SSSR count). The second-order valence-electron chi connectivity index (χ2n) is 7.24. The van der Waals surface area contributed by atoms with Crippen LogP contribution in [0.1, 0.15) is 0 Å². The van der Waals surface area contributed by atoms with Gasteiger partial charge in [0.1, 0.15) is 0 Å². The molecule has 0 saturated heterocycles. The van der Waals surface area contributed by atoms with Crippen LogP contribution in [0.25, 0.3) is 33.4 Å². The molecule has 0 atom stereocenters. The molecule has 0 saturated carbocycles. The third-order valence-electron chi connectivity index (χ3n) is 5.24. The Kier molecular flexibility index (Phi) is 9.34. The van der Waals surface area contributed by atoms with Crippen molar-refractivity contribution in [1.29, 1.82) is 0 Å². The van der Waals surface area contributed by atoms with Gasteiger partial charge >= 0.3 is 0 Å². The molecule has 0 bridgehead atoms. The van der Waals surface area contributed by atoms with E-state index in [0.29, 0.717) is 33.4 Å². The fraction of sp³-hybridized carbons (Fsp3) is 0. The largest absolute Gasteiger partial charge is 0.0827 e. The van der Waals surface area contributed by atoms with Crippen LogP contribution >= 0.6 is 139 Å². The van der Waals surface area contributed by atoms with Gasteiger partial charge in [-0.05, 0) is 28.8 Å². The molecule has 0 heterocycles. The number of hydrogen-bond acceptors (Lipinski definition) is 0. The zero-order valence-corrected chi connectivity index (χ0v) is 26.1. The lowest BCUT2D eigenvalue weighted by molar-refractivity contribution is 1.55. The Labute approximate surface area is 266 Å². The number of rotatable bonds is 3. The van der Waals surface area contributed by atoms with E-state index in [1.807, 2.05) is 0 Å². The molecule has 0 unspecified atom stereocenters. The van der Waals surface area contributed by atoms with E-state index < -0.39 is 0 Å². The van der Waals surface area contributed by atoms with E-state index >= 15 is 0 Å². The minimum atomic E-state index is 0.0154. The Hall–Kier alpha value is 0.360. The molecule has 0 aliphatic heterocycles. The Morgan fingerprint density at radius 1 is 0.306 bits per heavy atom. The second kappa shape index (κ2) is 11.5. The summed E-state index contributed by atoms with van der Waals surface area (Å²) in [6.45, 7) is 0. The van der Waals surface area contributed by atoms with Crippen LogP contribution in [0.4, 0.5) is 0 Å². The van der Waals surface area contributed by atoms with Crippen molar-refractivity contribution in [2.45, 2.75) is 0 Å². The van der Waals surface area contributed by atoms with Gasteiger partial charge in [0.25, 0.3) is 0 Å². The molecule has 36 heavy (non-hydrogen) atoms. The van der Waals surface area contributed by atoms with Gasteiger partial charge in [0.15, 0.2) is 0 Å². The molecule has 0 amide bonds. The Morgan fingerprint density at radius 3 is 1.39 bits per heavy atom. The summed E-state index contributed by atoms with van der Waals surface area (Å²) < 4.78 is 0. The van der Waals surface area contributed by atoms with E-state index in [9.17, 15) is 0 Å². The van der Waals surface area contributed by atoms with E-state index in [1.54, 1.807) is 36.4 Å². The van der Waals surface area contributed by atoms with Gasteiger partial charge in [-0.1, -0.05) is 163 Å². The van der Waals surface area contributed by atoms with Crippen LogP contribution in [0.3, 0.4) is 0 Å². The normalized spacial score (nSPS) is 11.3. The van der Waals surface area contributed by atoms with Gasteiger partial charge < -0.3 is 0 Å². The van der Waals surface area contributed by atoms with E-state index in [4.69, 9.17) is 139 Å². The second-order valence-corrected chi connectivity index (χ2v) is 11.8. The maximum atomic E-state index is 6.68. The molecule has 12 heteroatoms. The summed E-state index contributed by atoms with van der Waals surface area (Å²) >= 11 is 77.1. The van der Waals surface area contributed by atoms with Crippen molar-refractivity contribution < 1.29 is 0 Å². The average molecular weight is 720 g/mol. The molecular weight excluding hydrogens is 714 g/mol. The molecule has 0 radical (unpaired) electrons. The van der Waals surface area contributed by atoms with Crippen molar-refractivity contribution in [2.24, 2.45) is 0 Å². The third kappa shape index (κ3) is 5.01. The van der Waals surface area contributed by atoms with Crippen molar-refractivity contribution in [2.75, 3.05) is 0 Å². The minimum Gasteiger partial charge on any atom is -0.0827 e. The molecule has 0 aliphatic rings. The Morgan fingerprint density at radius 2 is 0.778 bits per heavy atom. The maximum Gasteiger partial charge on any atom is 0.0809 e. The first-order valence-electron chi connectivity index (χ1n) is 9.50. The molecule has 4 aromatic carbocycles. The summed E-state index contributed by atoms with van der Waals surface area (Å²) in [4.78, 5) is 0. The molecule has 4 aromatic rings. The highest BCUT2D eigenvalue weighted by Gasteiger charge is 2.27. The van der Waals surface area contributed by atoms with Crippen molar-refractivity contribution in [3.63, 3.8) is 0 Å². The van der Waals surface area contributed by atoms with Crippen molar-refractivity contribution >= 4 is 139 Å². The van der Waals surface area contributed by atoms with Gasteiger partial charge in [-0.25, -0.2) is 0 Å². The standard InChI is InChI=1S/C24H6Cl12/c25-11-5-4-9(15(27)17(11)29)13-7(10-6-12(26)18(30)21(33)16(10)28)2-1-3-8(13)14-19(31)22(34)24(36)23(35)20(14)32/h1-6H. The minimum absolute atomic E-state index is 0.0154. The van der Waals surface area contributed by atoms with Crippen LogP contribution < -0.4 is 0 Å². The highest BCUT2D eigenvalue weighted by molar-refractivity contribution is 6.57. The molecule has 0 fully saturated rings. The number of benzene rings is 4. The van der Waals surface area contributed by atoms with Crippen LogP contribution in [0.2, 0.25) is 60.3 Å². The molecule has 0 nitrogen and oxygen atoms in total. The van der Waals surface area contributed by atoms with Gasteiger partial charge in [-0.15, -0.1) is 0 Å². The fourth-order valence-corrected chi connectivity index (χ4v) is 6.48. The zero-order valence-electron chi connectivity index (χ0n) is 17.0. The van der Waals surface area contributed by atoms with E-state index in [1.165, 1.54) is 0 Å². The average Bonchev–Trinajstić information content (AvgIpc) is 2.86. The molecular formula is C24H6Cl12. The predicted molar refractivity (Wildman–Crippen MR) is 163 cm³/mol. The van der Waals surface area contributed by atoms with E-state index in [-0.39, 0.29) is 60.3 Å². The van der Waals surface area contributed by atoms with Crippen LogP contribution in [0.5, 0.6) is 0 Å². The lowest BCUT2D eigenvalue weighted by Gasteiger charge is -2.21. The highest BCUT2D eigenvalue weighted by atomic mass is 35.5. The molecule has 0 aliphatic carbocycles. The molecule has 186 valence electrons. The summed E-state index contributed by atoms with van der Waals surface area (Å²) in [6, 6.07) is 10.1. The van der Waals surface area contributed by atoms with Gasteiger partial charge in [0.2, 0.25) is 0 Å². The quantitative estimate of drug-likeness (QED) is 0.146.